The Morgan fingerprint density at radius 2 is 1.85 bits per heavy atom. The number of carbonyl (C=O) groups is 2. The Hall–Kier alpha value is -0.570. The number of ketones is 1. The zero-order valence-electron chi connectivity index (χ0n) is 8.10. The Kier molecular flexibility index (Phi) is 6.59. The maximum atomic E-state index is 11.3. The van der Waals surface area contributed by atoms with Crippen molar-refractivity contribution in [1.29, 1.82) is 0 Å². The van der Waals surface area contributed by atoms with E-state index in [2.05, 4.69) is 5.32 Å². The number of hydrogen-bond donors (Lipinski definition) is 1. The molecule has 0 aliphatic rings. The largest absolute Gasteiger partial charge is 0.349 e. The fourth-order valence-corrected chi connectivity index (χ4v) is 1.13. The number of hydrogen-bond acceptors (Lipinski definition) is 2. The molecule has 0 aliphatic heterocycles. The van der Waals surface area contributed by atoms with Gasteiger partial charge in [-0.3, -0.25) is 9.59 Å². The molecule has 0 saturated carbocycles. The lowest BCUT2D eigenvalue weighted by Gasteiger charge is -2.11. The summed E-state index contributed by atoms with van der Waals surface area (Å²) in [5, 5.41) is 2.56. The van der Waals surface area contributed by atoms with E-state index in [-0.39, 0.29) is 30.0 Å². The van der Waals surface area contributed by atoms with E-state index in [0.29, 0.717) is 0 Å². The lowest BCUT2D eigenvalue weighted by atomic mass is 10.0. The molecule has 0 aromatic heterocycles. The molecule has 76 valence electrons. The highest BCUT2D eigenvalue weighted by molar-refractivity contribution is 6.28. The SMILES string of the molecule is CCC(CC)C(=O)NCC(=O)CCl. The normalized spacial score (nSPS) is 10.2. The lowest BCUT2D eigenvalue weighted by Crippen LogP contribution is -2.34. The molecule has 0 heterocycles. The zero-order chi connectivity index (χ0) is 10.3. The summed E-state index contributed by atoms with van der Waals surface area (Å²) >= 11 is 5.28. The van der Waals surface area contributed by atoms with E-state index in [1.807, 2.05) is 13.8 Å². The highest BCUT2D eigenvalue weighted by Crippen LogP contribution is 2.06. The van der Waals surface area contributed by atoms with Gasteiger partial charge in [0.1, 0.15) is 0 Å². The van der Waals surface area contributed by atoms with Crippen LogP contribution in [-0.2, 0) is 9.59 Å². The lowest BCUT2D eigenvalue weighted by molar-refractivity contribution is -0.127. The molecule has 13 heavy (non-hydrogen) atoms. The van der Waals surface area contributed by atoms with E-state index >= 15 is 0 Å². The van der Waals surface area contributed by atoms with Crippen LogP contribution in [0.3, 0.4) is 0 Å². The van der Waals surface area contributed by atoms with Crippen molar-refractivity contribution in [2.75, 3.05) is 12.4 Å². The van der Waals surface area contributed by atoms with E-state index in [0.717, 1.165) is 12.8 Å². The van der Waals surface area contributed by atoms with E-state index in [4.69, 9.17) is 11.6 Å². The van der Waals surface area contributed by atoms with Crippen molar-refractivity contribution >= 4 is 23.3 Å². The van der Waals surface area contributed by atoms with Crippen LogP contribution in [0, 0.1) is 5.92 Å². The Balaban J connectivity index is 3.79. The minimum atomic E-state index is -0.152. The third kappa shape index (κ3) is 4.88. The molecule has 0 unspecified atom stereocenters. The second kappa shape index (κ2) is 6.89. The third-order valence-electron chi connectivity index (χ3n) is 1.97. The van der Waals surface area contributed by atoms with Gasteiger partial charge in [-0.05, 0) is 12.8 Å². The van der Waals surface area contributed by atoms with Gasteiger partial charge in [0, 0.05) is 5.92 Å². The average molecular weight is 206 g/mol. The van der Waals surface area contributed by atoms with Gasteiger partial charge in [-0.15, -0.1) is 11.6 Å². The number of Topliss-reactive ketones (excluding diaryl/α,β-unsaturated/α-hetero) is 1. The van der Waals surface area contributed by atoms with Crippen molar-refractivity contribution < 1.29 is 9.59 Å². The van der Waals surface area contributed by atoms with E-state index in [1.165, 1.54) is 0 Å². The molecule has 1 amide bonds. The standard InChI is InChI=1S/C9H16ClNO2/c1-3-7(4-2)9(13)11-6-8(12)5-10/h7H,3-6H2,1-2H3,(H,11,13). The first-order valence-corrected chi connectivity index (χ1v) is 5.04. The third-order valence-corrected chi connectivity index (χ3v) is 2.26. The quantitative estimate of drug-likeness (QED) is 0.666. The van der Waals surface area contributed by atoms with Crippen molar-refractivity contribution in [3.05, 3.63) is 0 Å². The van der Waals surface area contributed by atoms with Gasteiger partial charge in [-0.25, -0.2) is 0 Å². The molecule has 0 aromatic carbocycles. The van der Waals surface area contributed by atoms with Crippen LogP contribution in [0.25, 0.3) is 0 Å². The first-order valence-electron chi connectivity index (χ1n) is 4.51. The first kappa shape index (κ1) is 12.4. The Bertz CT molecular complexity index is 178. The van der Waals surface area contributed by atoms with Gasteiger partial charge >= 0.3 is 0 Å². The van der Waals surface area contributed by atoms with Crippen LogP contribution in [0.15, 0.2) is 0 Å². The van der Waals surface area contributed by atoms with Crippen molar-refractivity contribution in [2.45, 2.75) is 26.7 Å². The molecule has 4 heteroatoms. The van der Waals surface area contributed by atoms with Crippen LogP contribution in [0.5, 0.6) is 0 Å². The summed E-state index contributed by atoms with van der Waals surface area (Å²) in [7, 11) is 0. The number of carbonyl (C=O) groups excluding carboxylic acids is 2. The highest BCUT2D eigenvalue weighted by Gasteiger charge is 2.13. The van der Waals surface area contributed by atoms with Crippen LogP contribution in [0.1, 0.15) is 26.7 Å². The molecule has 0 aromatic rings. The summed E-state index contributed by atoms with van der Waals surface area (Å²) < 4.78 is 0. The Labute approximate surface area is 83.8 Å². The fourth-order valence-electron chi connectivity index (χ4n) is 1.04. The van der Waals surface area contributed by atoms with Gasteiger partial charge in [0.25, 0.3) is 0 Å². The molecule has 1 N–H and O–H groups in total. The summed E-state index contributed by atoms with van der Waals surface area (Å²) in [6.45, 7) is 3.97. The summed E-state index contributed by atoms with van der Waals surface area (Å²) in [5.74, 6) is -0.226. The van der Waals surface area contributed by atoms with Crippen LogP contribution in [0.2, 0.25) is 0 Å². The van der Waals surface area contributed by atoms with Crippen molar-refractivity contribution in [3.8, 4) is 0 Å². The van der Waals surface area contributed by atoms with Gasteiger partial charge in [0.15, 0.2) is 5.78 Å². The molecule has 0 spiro atoms. The van der Waals surface area contributed by atoms with Gasteiger partial charge in [0.05, 0.1) is 12.4 Å². The van der Waals surface area contributed by atoms with Gasteiger partial charge < -0.3 is 5.32 Å². The van der Waals surface area contributed by atoms with Crippen molar-refractivity contribution in [3.63, 3.8) is 0 Å². The van der Waals surface area contributed by atoms with Gasteiger partial charge in [0.2, 0.25) is 5.91 Å². The molecule has 0 saturated heterocycles. The number of nitrogens with one attached hydrogen (secondary N) is 1. The molecule has 0 radical (unpaired) electrons. The summed E-state index contributed by atoms with van der Waals surface area (Å²) in [6, 6.07) is 0. The smallest absolute Gasteiger partial charge is 0.223 e. The van der Waals surface area contributed by atoms with E-state index in [1.54, 1.807) is 0 Å². The highest BCUT2D eigenvalue weighted by atomic mass is 35.5. The minimum absolute atomic E-state index is 0.0168. The molecule has 3 nitrogen and oxygen atoms in total. The maximum absolute atomic E-state index is 11.3. The topological polar surface area (TPSA) is 46.2 Å². The van der Waals surface area contributed by atoms with Crippen LogP contribution in [0.4, 0.5) is 0 Å². The van der Waals surface area contributed by atoms with Crippen molar-refractivity contribution in [1.82, 2.24) is 5.32 Å². The van der Waals surface area contributed by atoms with Crippen LogP contribution < -0.4 is 5.32 Å². The minimum Gasteiger partial charge on any atom is -0.349 e. The van der Waals surface area contributed by atoms with E-state index < -0.39 is 0 Å². The molecule has 0 fully saturated rings. The van der Waals surface area contributed by atoms with Crippen molar-refractivity contribution in [2.24, 2.45) is 5.92 Å². The summed E-state index contributed by atoms with van der Waals surface area (Å²) in [4.78, 5) is 22.1. The van der Waals surface area contributed by atoms with Crippen LogP contribution >= 0.6 is 11.6 Å². The van der Waals surface area contributed by atoms with E-state index in [9.17, 15) is 9.59 Å². The zero-order valence-corrected chi connectivity index (χ0v) is 8.86. The second-order valence-electron chi connectivity index (χ2n) is 2.90. The number of halogens is 1. The molecule has 0 atom stereocenters. The first-order chi connectivity index (χ1) is 6.15. The summed E-state index contributed by atoms with van der Waals surface area (Å²) in [5.41, 5.74) is 0. The van der Waals surface area contributed by atoms with Gasteiger partial charge in [-0.2, -0.15) is 0 Å². The molecule has 0 rings (SSSR count). The number of amides is 1. The second-order valence-corrected chi connectivity index (χ2v) is 3.17. The Morgan fingerprint density at radius 1 is 1.31 bits per heavy atom. The predicted molar refractivity (Wildman–Crippen MR) is 52.8 cm³/mol. The molecule has 0 bridgehead atoms. The van der Waals surface area contributed by atoms with Gasteiger partial charge in [-0.1, -0.05) is 13.8 Å². The fraction of sp³-hybridized carbons (Fsp3) is 0.778. The molecular weight excluding hydrogens is 190 g/mol. The monoisotopic (exact) mass is 205 g/mol. The maximum Gasteiger partial charge on any atom is 0.223 e. The number of alkyl halides is 1. The average Bonchev–Trinajstić information content (AvgIpc) is 2.16. The Morgan fingerprint density at radius 3 is 2.23 bits per heavy atom. The predicted octanol–water partition coefficient (Wildman–Crippen LogP) is 1.35. The number of rotatable bonds is 6. The molecular formula is C9H16ClNO2. The summed E-state index contributed by atoms with van der Waals surface area (Å²) in [6.07, 6.45) is 1.61. The molecule has 0 aliphatic carbocycles. The van der Waals surface area contributed by atoms with Crippen LogP contribution in [-0.4, -0.2) is 24.1 Å².